The van der Waals surface area contributed by atoms with Crippen LogP contribution in [0.5, 0.6) is 0 Å². The van der Waals surface area contributed by atoms with Gasteiger partial charge in [0, 0.05) is 30.7 Å². The lowest BCUT2D eigenvalue weighted by atomic mass is 10.0. The monoisotopic (exact) mass is 407 g/mol. The number of rotatable bonds is 5. The number of nitrogens with zero attached hydrogens (tertiary/aromatic N) is 2. The fraction of sp³-hybridized carbons (Fsp3) is 0.261. The highest BCUT2D eigenvalue weighted by molar-refractivity contribution is 7.99. The Morgan fingerprint density at radius 1 is 1.00 bits per heavy atom. The number of hydrogen-bond acceptors (Lipinski definition) is 4. The SMILES string of the molecule is Cc1ccc2c(C)cc(SCC(=O)Nc3ccc(C(=O)N(C)C)cc3)nc2c1C. The molecule has 6 heteroatoms. The lowest BCUT2D eigenvalue weighted by Crippen LogP contribution is -2.21. The Kier molecular flexibility index (Phi) is 6.23. The molecule has 1 N–H and O–H groups in total. The molecule has 29 heavy (non-hydrogen) atoms. The molecule has 150 valence electrons. The topological polar surface area (TPSA) is 62.3 Å². The van der Waals surface area contributed by atoms with E-state index >= 15 is 0 Å². The van der Waals surface area contributed by atoms with E-state index in [1.54, 1.807) is 38.4 Å². The Morgan fingerprint density at radius 2 is 1.69 bits per heavy atom. The molecular formula is C23H25N3O2S. The van der Waals surface area contributed by atoms with Crippen LogP contribution in [0.4, 0.5) is 5.69 Å². The first-order valence-corrected chi connectivity index (χ1v) is 10.4. The first kappa shape index (κ1) is 20.9. The molecule has 1 heterocycles. The molecule has 0 bridgehead atoms. The van der Waals surface area contributed by atoms with Gasteiger partial charge >= 0.3 is 0 Å². The second kappa shape index (κ2) is 8.66. The number of thioether (sulfide) groups is 1. The van der Waals surface area contributed by atoms with E-state index in [0.29, 0.717) is 11.3 Å². The Hall–Kier alpha value is -2.86. The molecule has 2 aromatic carbocycles. The molecule has 0 unspecified atom stereocenters. The predicted molar refractivity (Wildman–Crippen MR) is 120 cm³/mol. The van der Waals surface area contributed by atoms with Gasteiger partial charge in [-0.05, 0) is 67.8 Å². The highest BCUT2D eigenvalue weighted by atomic mass is 32.2. The molecule has 0 aliphatic carbocycles. The van der Waals surface area contributed by atoms with E-state index in [4.69, 9.17) is 4.98 Å². The number of nitrogens with one attached hydrogen (secondary N) is 1. The third kappa shape index (κ3) is 4.77. The fourth-order valence-electron chi connectivity index (χ4n) is 3.03. The van der Waals surface area contributed by atoms with Crippen molar-refractivity contribution in [3.63, 3.8) is 0 Å². The first-order chi connectivity index (χ1) is 13.8. The number of pyridine rings is 1. The maximum absolute atomic E-state index is 12.3. The van der Waals surface area contributed by atoms with E-state index in [1.807, 2.05) is 6.07 Å². The van der Waals surface area contributed by atoms with Gasteiger partial charge in [-0.3, -0.25) is 9.59 Å². The van der Waals surface area contributed by atoms with Crippen LogP contribution < -0.4 is 5.32 Å². The highest BCUT2D eigenvalue weighted by Crippen LogP contribution is 2.27. The van der Waals surface area contributed by atoms with Crippen molar-refractivity contribution in [1.29, 1.82) is 0 Å². The number of amides is 2. The molecule has 0 saturated heterocycles. The molecule has 3 aromatic rings. The number of carbonyl (C=O) groups is 2. The van der Waals surface area contributed by atoms with E-state index in [1.165, 1.54) is 27.8 Å². The summed E-state index contributed by atoms with van der Waals surface area (Å²) in [5.74, 6) is 0.0881. The van der Waals surface area contributed by atoms with Gasteiger partial charge in [-0.25, -0.2) is 4.98 Å². The van der Waals surface area contributed by atoms with Crippen molar-refractivity contribution in [3.05, 3.63) is 64.7 Å². The van der Waals surface area contributed by atoms with Crippen molar-refractivity contribution in [2.24, 2.45) is 0 Å². The van der Waals surface area contributed by atoms with E-state index in [-0.39, 0.29) is 17.6 Å². The number of carbonyl (C=O) groups excluding carboxylic acids is 2. The van der Waals surface area contributed by atoms with Crippen LogP contribution in [0, 0.1) is 20.8 Å². The summed E-state index contributed by atoms with van der Waals surface area (Å²) in [6.45, 7) is 6.23. The molecule has 5 nitrogen and oxygen atoms in total. The molecule has 3 rings (SSSR count). The van der Waals surface area contributed by atoms with Crippen molar-refractivity contribution >= 4 is 40.2 Å². The average Bonchev–Trinajstić information content (AvgIpc) is 2.69. The molecule has 0 radical (unpaired) electrons. The van der Waals surface area contributed by atoms with Crippen molar-refractivity contribution in [1.82, 2.24) is 9.88 Å². The molecule has 0 atom stereocenters. The average molecular weight is 408 g/mol. The van der Waals surface area contributed by atoms with Gasteiger partial charge in [0.2, 0.25) is 5.91 Å². The maximum atomic E-state index is 12.3. The van der Waals surface area contributed by atoms with Gasteiger partial charge in [0.15, 0.2) is 0 Å². The van der Waals surface area contributed by atoms with Crippen molar-refractivity contribution in [2.75, 3.05) is 25.2 Å². The molecule has 0 aliphatic heterocycles. The number of hydrogen-bond donors (Lipinski definition) is 1. The van der Waals surface area contributed by atoms with Crippen LogP contribution in [0.2, 0.25) is 0 Å². The van der Waals surface area contributed by atoms with Crippen molar-refractivity contribution in [2.45, 2.75) is 25.8 Å². The second-order valence-electron chi connectivity index (χ2n) is 7.29. The van der Waals surface area contributed by atoms with Crippen LogP contribution >= 0.6 is 11.8 Å². The van der Waals surface area contributed by atoms with Crippen LogP contribution in [-0.2, 0) is 4.79 Å². The van der Waals surface area contributed by atoms with Gasteiger partial charge in [-0.1, -0.05) is 23.9 Å². The Morgan fingerprint density at radius 3 is 2.34 bits per heavy atom. The summed E-state index contributed by atoms with van der Waals surface area (Å²) >= 11 is 1.42. The molecule has 0 aliphatic rings. The van der Waals surface area contributed by atoms with E-state index < -0.39 is 0 Å². The lowest BCUT2D eigenvalue weighted by Gasteiger charge is -2.11. The number of anilines is 1. The van der Waals surface area contributed by atoms with E-state index in [0.717, 1.165) is 21.5 Å². The zero-order chi connectivity index (χ0) is 21.1. The normalized spacial score (nSPS) is 10.8. The number of fused-ring (bicyclic) bond motifs is 1. The minimum Gasteiger partial charge on any atom is -0.345 e. The van der Waals surface area contributed by atoms with Crippen LogP contribution in [0.1, 0.15) is 27.0 Å². The van der Waals surface area contributed by atoms with Gasteiger partial charge in [0.1, 0.15) is 0 Å². The third-order valence-electron chi connectivity index (χ3n) is 4.86. The summed E-state index contributed by atoms with van der Waals surface area (Å²) in [6, 6.07) is 13.1. The van der Waals surface area contributed by atoms with Gasteiger partial charge in [0.25, 0.3) is 5.91 Å². The minimum absolute atomic E-state index is 0.0679. The highest BCUT2D eigenvalue weighted by Gasteiger charge is 2.11. The van der Waals surface area contributed by atoms with Crippen LogP contribution in [0.3, 0.4) is 0 Å². The van der Waals surface area contributed by atoms with E-state index in [9.17, 15) is 9.59 Å². The molecular weight excluding hydrogens is 382 g/mol. The number of aryl methyl sites for hydroxylation is 3. The van der Waals surface area contributed by atoms with Crippen molar-refractivity contribution in [3.8, 4) is 0 Å². The van der Waals surface area contributed by atoms with Gasteiger partial charge in [0.05, 0.1) is 16.3 Å². The molecule has 0 saturated carbocycles. The summed E-state index contributed by atoms with van der Waals surface area (Å²) in [5, 5.41) is 4.85. The van der Waals surface area contributed by atoms with E-state index in [2.05, 4.69) is 38.2 Å². The van der Waals surface area contributed by atoms with Crippen LogP contribution in [0.25, 0.3) is 10.9 Å². The van der Waals surface area contributed by atoms with Crippen LogP contribution in [-0.4, -0.2) is 41.5 Å². The summed E-state index contributed by atoms with van der Waals surface area (Å²) < 4.78 is 0. The smallest absolute Gasteiger partial charge is 0.253 e. The molecule has 0 fully saturated rings. The number of aromatic nitrogens is 1. The van der Waals surface area contributed by atoms with Gasteiger partial charge < -0.3 is 10.2 Å². The second-order valence-corrected chi connectivity index (χ2v) is 8.29. The maximum Gasteiger partial charge on any atom is 0.253 e. The predicted octanol–water partition coefficient (Wildman–Crippen LogP) is 4.59. The van der Waals surface area contributed by atoms with Crippen LogP contribution in [0.15, 0.2) is 47.5 Å². The first-order valence-electron chi connectivity index (χ1n) is 9.38. The Labute approximate surface area is 175 Å². The molecule has 1 aromatic heterocycles. The summed E-state index contributed by atoms with van der Waals surface area (Å²) in [6.07, 6.45) is 0. The molecule has 0 spiro atoms. The summed E-state index contributed by atoms with van der Waals surface area (Å²) in [7, 11) is 3.42. The zero-order valence-corrected chi connectivity index (χ0v) is 18.2. The minimum atomic E-state index is -0.109. The summed E-state index contributed by atoms with van der Waals surface area (Å²) in [5.41, 5.74) is 5.78. The standard InChI is InChI=1S/C23H25N3O2S/c1-14-6-11-19-15(2)12-21(25-22(19)16(14)3)29-13-20(27)24-18-9-7-17(8-10-18)23(28)26(4)5/h6-12H,13H2,1-5H3,(H,24,27). The van der Waals surface area contributed by atoms with Gasteiger partial charge in [-0.15, -0.1) is 0 Å². The third-order valence-corrected chi connectivity index (χ3v) is 5.77. The Bertz CT molecular complexity index is 1080. The summed E-state index contributed by atoms with van der Waals surface area (Å²) in [4.78, 5) is 30.6. The van der Waals surface area contributed by atoms with Crippen molar-refractivity contribution < 1.29 is 9.59 Å². The fourth-order valence-corrected chi connectivity index (χ4v) is 3.80. The Balaban J connectivity index is 1.66. The number of benzene rings is 2. The quantitative estimate of drug-likeness (QED) is 0.628. The van der Waals surface area contributed by atoms with Gasteiger partial charge in [-0.2, -0.15) is 0 Å². The molecule has 2 amide bonds. The zero-order valence-electron chi connectivity index (χ0n) is 17.4. The largest absolute Gasteiger partial charge is 0.345 e. The lowest BCUT2D eigenvalue weighted by molar-refractivity contribution is -0.113.